The van der Waals surface area contributed by atoms with E-state index < -0.39 is 23.4 Å². The summed E-state index contributed by atoms with van der Waals surface area (Å²) < 4.78 is 10.5. The fraction of sp³-hybridized carbons (Fsp3) is 0.263. The third-order valence-corrected chi connectivity index (χ3v) is 3.77. The van der Waals surface area contributed by atoms with Crippen LogP contribution in [0.25, 0.3) is 0 Å². The van der Waals surface area contributed by atoms with Gasteiger partial charge in [-0.05, 0) is 36.2 Å². The van der Waals surface area contributed by atoms with Crippen molar-refractivity contribution in [1.29, 1.82) is 0 Å². The number of nitro benzene ring substituents is 1. The van der Waals surface area contributed by atoms with Gasteiger partial charge >= 0.3 is 5.97 Å². The average molecular weight is 407 g/mol. The van der Waals surface area contributed by atoms with Gasteiger partial charge in [-0.15, -0.1) is 0 Å². The Hall–Kier alpha value is -3.13. The molecular formula is C19H19ClN2O6. The van der Waals surface area contributed by atoms with Crippen LogP contribution in [0.4, 0.5) is 11.4 Å². The fourth-order valence-electron chi connectivity index (χ4n) is 2.07. The minimum absolute atomic E-state index is 0.0589. The van der Waals surface area contributed by atoms with Crippen molar-refractivity contribution in [3.63, 3.8) is 0 Å². The van der Waals surface area contributed by atoms with Gasteiger partial charge in [0, 0.05) is 12.1 Å². The highest BCUT2D eigenvalue weighted by atomic mass is 35.5. The molecule has 0 radical (unpaired) electrons. The molecule has 0 unspecified atom stereocenters. The molecule has 1 N–H and O–H groups in total. The molecule has 0 spiro atoms. The molecule has 1 amide bonds. The van der Waals surface area contributed by atoms with Gasteiger partial charge in [0.05, 0.1) is 27.8 Å². The van der Waals surface area contributed by atoms with Crippen LogP contribution in [-0.4, -0.2) is 30.0 Å². The van der Waals surface area contributed by atoms with Gasteiger partial charge in [0.1, 0.15) is 5.75 Å². The Kier molecular flexibility index (Phi) is 7.34. The largest absolute Gasteiger partial charge is 0.493 e. The third-order valence-electron chi connectivity index (χ3n) is 3.44. The van der Waals surface area contributed by atoms with Crippen LogP contribution >= 0.6 is 11.6 Å². The van der Waals surface area contributed by atoms with Gasteiger partial charge in [0.2, 0.25) is 0 Å². The van der Waals surface area contributed by atoms with E-state index in [2.05, 4.69) is 5.32 Å². The number of nitro groups is 1. The first kappa shape index (κ1) is 21.2. The molecule has 0 aliphatic carbocycles. The van der Waals surface area contributed by atoms with Crippen molar-refractivity contribution in [2.24, 2.45) is 5.92 Å². The number of hydrogen-bond acceptors (Lipinski definition) is 6. The van der Waals surface area contributed by atoms with Crippen LogP contribution in [0.3, 0.4) is 0 Å². The lowest BCUT2D eigenvalue weighted by molar-refractivity contribution is -0.384. The van der Waals surface area contributed by atoms with E-state index in [4.69, 9.17) is 21.1 Å². The van der Waals surface area contributed by atoms with Crippen LogP contribution in [-0.2, 0) is 9.53 Å². The van der Waals surface area contributed by atoms with Gasteiger partial charge in [-0.2, -0.15) is 0 Å². The summed E-state index contributed by atoms with van der Waals surface area (Å²) in [6, 6.07) is 9.99. The summed E-state index contributed by atoms with van der Waals surface area (Å²) in [6.07, 6.45) is 0. The van der Waals surface area contributed by atoms with Gasteiger partial charge < -0.3 is 14.8 Å². The van der Waals surface area contributed by atoms with E-state index in [-0.39, 0.29) is 22.0 Å². The molecule has 8 nitrogen and oxygen atoms in total. The van der Waals surface area contributed by atoms with Gasteiger partial charge in [0.15, 0.2) is 6.61 Å². The highest BCUT2D eigenvalue weighted by Gasteiger charge is 2.14. The number of rotatable bonds is 8. The topological polar surface area (TPSA) is 108 Å². The Morgan fingerprint density at radius 2 is 1.86 bits per heavy atom. The van der Waals surface area contributed by atoms with Crippen LogP contribution < -0.4 is 10.1 Å². The number of non-ortho nitro benzene ring substituents is 1. The maximum Gasteiger partial charge on any atom is 0.338 e. The molecular weight excluding hydrogens is 388 g/mol. The standard InChI is InChI=1S/C19H19ClN2O6/c1-12(2)10-27-15-6-3-13(4-7-15)19(24)28-11-18(23)21-17-9-14(22(25)26)5-8-16(17)20/h3-9,12H,10-11H2,1-2H3,(H,21,23). The number of anilines is 1. The van der Waals surface area contributed by atoms with E-state index >= 15 is 0 Å². The number of nitrogens with zero attached hydrogens (tertiary/aromatic N) is 1. The van der Waals surface area contributed by atoms with Crippen molar-refractivity contribution in [1.82, 2.24) is 0 Å². The number of hydrogen-bond donors (Lipinski definition) is 1. The smallest absolute Gasteiger partial charge is 0.338 e. The van der Waals surface area contributed by atoms with Crippen molar-refractivity contribution in [2.45, 2.75) is 13.8 Å². The number of esters is 1. The number of benzene rings is 2. The van der Waals surface area contributed by atoms with E-state index in [1.165, 1.54) is 24.3 Å². The molecule has 0 atom stereocenters. The number of amides is 1. The van der Waals surface area contributed by atoms with E-state index in [1.807, 2.05) is 13.8 Å². The average Bonchev–Trinajstić information content (AvgIpc) is 2.66. The molecule has 0 heterocycles. The minimum atomic E-state index is -0.685. The first-order chi connectivity index (χ1) is 13.3. The summed E-state index contributed by atoms with van der Waals surface area (Å²) in [6.45, 7) is 4.04. The summed E-state index contributed by atoms with van der Waals surface area (Å²) in [5.74, 6) is -0.352. The minimum Gasteiger partial charge on any atom is -0.493 e. The second-order valence-corrected chi connectivity index (χ2v) is 6.68. The molecule has 0 aromatic heterocycles. The summed E-state index contributed by atoms with van der Waals surface area (Å²) in [5, 5.41) is 13.3. The molecule has 2 aromatic carbocycles. The molecule has 28 heavy (non-hydrogen) atoms. The summed E-state index contributed by atoms with van der Waals surface area (Å²) in [7, 11) is 0. The number of halogens is 1. The van der Waals surface area contributed by atoms with Crippen LogP contribution in [0.5, 0.6) is 5.75 Å². The molecule has 2 aromatic rings. The number of carbonyl (C=O) groups excluding carboxylic acids is 2. The van der Waals surface area contributed by atoms with Crippen molar-refractivity contribution in [3.05, 3.63) is 63.2 Å². The lowest BCUT2D eigenvalue weighted by atomic mass is 10.2. The van der Waals surface area contributed by atoms with Crippen molar-refractivity contribution >= 4 is 34.9 Å². The number of ether oxygens (including phenoxy) is 2. The molecule has 0 saturated carbocycles. The quantitative estimate of drug-likeness (QED) is 0.402. The van der Waals surface area contributed by atoms with Crippen LogP contribution in [0.2, 0.25) is 5.02 Å². The fourth-order valence-corrected chi connectivity index (χ4v) is 2.24. The molecule has 9 heteroatoms. The zero-order chi connectivity index (χ0) is 20.7. The predicted molar refractivity (Wildman–Crippen MR) is 104 cm³/mol. The molecule has 0 aliphatic heterocycles. The Balaban J connectivity index is 1.89. The van der Waals surface area contributed by atoms with Crippen LogP contribution in [0.15, 0.2) is 42.5 Å². The summed E-state index contributed by atoms with van der Waals surface area (Å²) in [5.41, 5.74) is 0.0955. The predicted octanol–water partition coefficient (Wildman–Crippen LogP) is 4.08. The SMILES string of the molecule is CC(C)COc1ccc(C(=O)OCC(=O)Nc2cc([N+](=O)[O-])ccc2Cl)cc1. The number of carbonyl (C=O) groups is 2. The van der Waals surface area contributed by atoms with Crippen LogP contribution in [0, 0.1) is 16.0 Å². The van der Waals surface area contributed by atoms with Crippen molar-refractivity contribution in [2.75, 3.05) is 18.5 Å². The molecule has 0 fully saturated rings. The zero-order valence-electron chi connectivity index (χ0n) is 15.3. The van der Waals surface area contributed by atoms with E-state index in [0.717, 1.165) is 6.07 Å². The molecule has 0 bridgehead atoms. The maximum atomic E-state index is 12.0. The Morgan fingerprint density at radius 1 is 1.18 bits per heavy atom. The van der Waals surface area contributed by atoms with Crippen molar-refractivity contribution in [3.8, 4) is 5.75 Å². The highest BCUT2D eigenvalue weighted by Crippen LogP contribution is 2.26. The Bertz CT molecular complexity index is 867. The first-order valence-corrected chi connectivity index (χ1v) is 8.78. The molecule has 0 aliphatic rings. The lowest BCUT2D eigenvalue weighted by Gasteiger charge is -2.10. The second-order valence-electron chi connectivity index (χ2n) is 6.27. The molecule has 148 valence electrons. The normalized spacial score (nSPS) is 10.4. The third kappa shape index (κ3) is 6.24. The first-order valence-electron chi connectivity index (χ1n) is 8.40. The van der Waals surface area contributed by atoms with E-state index in [0.29, 0.717) is 18.3 Å². The van der Waals surface area contributed by atoms with Gasteiger partial charge in [-0.1, -0.05) is 25.4 Å². The lowest BCUT2D eigenvalue weighted by Crippen LogP contribution is -2.21. The molecule has 0 saturated heterocycles. The number of nitrogens with one attached hydrogen (secondary N) is 1. The van der Waals surface area contributed by atoms with Gasteiger partial charge in [-0.25, -0.2) is 4.79 Å². The van der Waals surface area contributed by atoms with E-state index in [9.17, 15) is 19.7 Å². The molecule has 2 rings (SSSR count). The monoisotopic (exact) mass is 406 g/mol. The van der Waals surface area contributed by atoms with Gasteiger partial charge in [0.25, 0.3) is 11.6 Å². The Labute approximate surface area is 166 Å². The second kappa shape index (κ2) is 9.70. The zero-order valence-corrected chi connectivity index (χ0v) is 16.1. The van der Waals surface area contributed by atoms with Gasteiger partial charge in [-0.3, -0.25) is 14.9 Å². The summed E-state index contributed by atoms with van der Waals surface area (Å²) in [4.78, 5) is 34.2. The summed E-state index contributed by atoms with van der Waals surface area (Å²) >= 11 is 5.91. The van der Waals surface area contributed by atoms with E-state index in [1.54, 1.807) is 12.1 Å². The Morgan fingerprint density at radius 3 is 2.46 bits per heavy atom. The highest BCUT2D eigenvalue weighted by molar-refractivity contribution is 6.33. The van der Waals surface area contributed by atoms with Crippen molar-refractivity contribution < 1.29 is 24.0 Å². The van der Waals surface area contributed by atoms with Crippen LogP contribution in [0.1, 0.15) is 24.2 Å². The maximum absolute atomic E-state index is 12.0.